The highest BCUT2D eigenvalue weighted by Gasteiger charge is 2.15. The van der Waals surface area contributed by atoms with Crippen LogP contribution in [-0.2, 0) is 6.54 Å². The fraction of sp³-hybridized carbons (Fsp3) is 0.294. The molecule has 2 rings (SSSR count). The van der Waals surface area contributed by atoms with E-state index in [1.54, 1.807) is 6.92 Å². The van der Waals surface area contributed by atoms with Gasteiger partial charge in [0.2, 0.25) is 0 Å². The Morgan fingerprint density at radius 2 is 1.76 bits per heavy atom. The zero-order chi connectivity index (χ0) is 15.2. The third-order valence-corrected chi connectivity index (χ3v) is 3.25. The Labute approximate surface area is 123 Å². The van der Waals surface area contributed by atoms with Crippen molar-refractivity contribution >= 4 is 0 Å². The van der Waals surface area contributed by atoms with Crippen molar-refractivity contribution in [2.45, 2.75) is 26.4 Å². The van der Waals surface area contributed by atoms with Crippen LogP contribution in [0.2, 0.25) is 0 Å². The molecule has 4 heteroatoms. The summed E-state index contributed by atoms with van der Waals surface area (Å²) in [5, 5.41) is 3.13. The lowest BCUT2D eigenvalue weighted by atomic mass is 10.1. The Balaban J connectivity index is 2.04. The maximum atomic E-state index is 13.7. The van der Waals surface area contributed by atoms with Gasteiger partial charge in [-0.15, -0.1) is 0 Å². The minimum absolute atomic E-state index is 0.0680. The van der Waals surface area contributed by atoms with Gasteiger partial charge < -0.3 is 10.1 Å². The van der Waals surface area contributed by atoms with Gasteiger partial charge >= 0.3 is 0 Å². The van der Waals surface area contributed by atoms with E-state index in [2.05, 4.69) is 5.32 Å². The summed E-state index contributed by atoms with van der Waals surface area (Å²) in [6, 6.07) is 11.1. The van der Waals surface area contributed by atoms with E-state index in [0.717, 1.165) is 11.3 Å². The van der Waals surface area contributed by atoms with Gasteiger partial charge in [-0.25, -0.2) is 8.78 Å². The number of benzene rings is 2. The molecule has 0 aromatic heterocycles. The first-order valence-corrected chi connectivity index (χ1v) is 7.01. The summed E-state index contributed by atoms with van der Waals surface area (Å²) >= 11 is 0. The number of hydrogen-bond acceptors (Lipinski definition) is 2. The molecule has 0 aliphatic heterocycles. The van der Waals surface area contributed by atoms with Gasteiger partial charge in [0.25, 0.3) is 0 Å². The number of rotatable bonds is 6. The number of hydrogen-bond donors (Lipinski definition) is 1. The Hall–Kier alpha value is -1.94. The van der Waals surface area contributed by atoms with Crippen LogP contribution in [0.4, 0.5) is 8.78 Å². The zero-order valence-corrected chi connectivity index (χ0v) is 12.2. The van der Waals surface area contributed by atoms with Gasteiger partial charge in [0.15, 0.2) is 0 Å². The second kappa shape index (κ2) is 7.18. The molecule has 2 nitrogen and oxygen atoms in total. The number of ether oxygens (including phenoxy) is 1. The van der Waals surface area contributed by atoms with Crippen LogP contribution in [0.15, 0.2) is 42.5 Å². The summed E-state index contributed by atoms with van der Waals surface area (Å²) in [6.45, 7) is 4.78. The topological polar surface area (TPSA) is 21.3 Å². The normalized spacial score (nSPS) is 12.2. The third-order valence-electron chi connectivity index (χ3n) is 3.25. The van der Waals surface area contributed by atoms with E-state index in [9.17, 15) is 8.78 Å². The van der Waals surface area contributed by atoms with Crippen molar-refractivity contribution in [2.24, 2.45) is 0 Å². The Morgan fingerprint density at radius 1 is 1.10 bits per heavy atom. The lowest BCUT2D eigenvalue weighted by Gasteiger charge is -2.16. The third kappa shape index (κ3) is 4.02. The summed E-state index contributed by atoms with van der Waals surface area (Å²) in [5.74, 6) is -0.266. The first kappa shape index (κ1) is 15.4. The van der Waals surface area contributed by atoms with Crippen molar-refractivity contribution in [1.29, 1.82) is 0 Å². The SMILES string of the molecule is CCOc1cccc(CNC(C)c2c(F)cccc2F)c1. The van der Waals surface area contributed by atoms with Crippen molar-refractivity contribution in [1.82, 2.24) is 5.32 Å². The Morgan fingerprint density at radius 3 is 2.43 bits per heavy atom. The number of halogens is 2. The van der Waals surface area contributed by atoms with Gasteiger partial charge in [-0.3, -0.25) is 0 Å². The maximum absolute atomic E-state index is 13.7. The molecule has 0 heterocycles. The van der Waals surface area contributed by atoms with E-state index in [-0.39, 0.29) is 5.56 Å². The lowest BCUT2D eigenvalue weighted by Crippen LogP contribution is -2.20. The molecule has 0 amide bonds. The molecule has 112 valence electrons. The van der Waals surface area contributed by atoms with E-state index in [0.29, 0.717) is 13.2 Å². The maximum Gasteiger partial charge on any atom is 0.130 e. The van der Waals surface area contributed by atoms with Crippen LogP contribution >= 0.6 is 0 Å². The molecule has 0 saturated heterocycles. The second-order valence-corrected chi connectivity index (χ2v) is 4.82. The molecule has 0 radical (unpaired) electrons. The van der Waals surface area contributed by atoms with Crippen molar-refractivity contribution in [2.75, 3.05) is 6.61 Å². The molecule has 1 atom stereocenters. The Kier molecular flexibility index (Phi) is 5.28. The highest BCUT2D eigenvalue weighted by atomic mass is 19.1. The quantitative estimate of drug-likeness (QED) is 0.860. The van der Waals surface area contributed by atoms with Crippen LogP contribution in [0.5, 0.6) is 5.75 Å². The average molecular weight is 291 g/mol. The molecule has 0 aliphatic carbocycles. The molecular weight excluding hydrogens is 272 g/mol. The van der Waals surface area contributed by atoms with Crippen LogP contribution in [0.1, 0.15) is 31.0 Å². The predicted octanol–water partition coefficient (Wildman–Crippen LogP) is 4.21. The first-order chi connectivity index (χ1) is 10.1. The molecule has 2 aromatic rings. The summed E-state index contributed by atoms with van der Waals surface area (Å²) < 4.78 is 32.8. The highest BCUT2D eigenvalue weighted by Crippen LogP contribution is 2.21. The molecular formula is C17H19F2NO. The van der Waals surface area contributed by atoms with E-state index < -0.39 is 17.7 Å². The first-order valence-electron chi connectivity index (χ1n) is 7.01. The van der Waals surface area contributed by atoms with Gasteiger partial charge in [-0.1, -0.05) is 18.2 Å². The molecule has 1 N–H and O–H groups in total. The van der Waals surface area contributed by atoms with Crippen molar-refractivity contribution < 1.29 is 13.5 Å². The van der Waals surface area contributed by atoms with Crippen LogP contribution in [0, 0.1) is 11.6 Å². The lowest BCUT2D eigenvalue weighted by molar-refractivity contribution is 0.339. The minimum atomic E-state index is -0.530. The largest absolute Gasteiger partial charge is 0.494 e. The van der Waals surface area contributed by atoms with Crippen molar-refractivity contribution in [3.05, 3.63) is 65.2 Å². The van der Waals surface area contributed by atoms with E-state index in [4.69, 9.17) is 4.74 Å². The van der Waals surface area contributed by atoms with Gasteiger partial charge in [0, 0.05) is 18.2 Å². The Bertz CT molecular complexity index is 581. The van der Waals surface area contributed by atoms with Gasteiger partial charge in [-0.05, 0) is 43.7 Å². The molecule has 0 aliphatic rings. The van der Waals surface area contributed by atoms with E-state index >= 15 is 0 Å². The zero-order valence-electron chi connectivity index (χ0n) is 12.2. The monoisotopic (exact) mass is 291 g/mol. The molecule has 0 bridgehead atoms. The molecule has 0 spiro atoms. The molecule has 21 heavy (non-hydrogen) atoms. The van der Waals surface area contributed by atoms with Crippen molar-refractivity contribution in [3.63, 3.8) is 0 Å². The highest BCUT2D eigenvalue weighted by molar-refractivity contribution is 5.29. The standard InChI is InChI=1S/C17H19F2NO/c1-3-21-14-7-4-6-13(10-14)11-20-12(2)17-15(18)8-5-9-16(17)19/h4-10,12,20H,3,11H2,1-2H3. The summed E-state index contributed by atoms with van der Waals surface area (Å²) in [6.07, 6.45) is 0. The number of nitrogens with one attached hydrogen (secondary N) is 1. The van der Waals surface area contributed by atoms with Gasteiger partial charge in [0.1, 0.15) is 17.4 Å². The van der Waals surface area contributed by atoms with Crippen LogP contribution < -0.4 is 10.1 Å². The summed E-state index contributed by atoms with van der Waals surface area (Å²) in [7, 11) is 0. The fourth-order valence-electron chi connectivity index (χ4n) is 2.21. The molecule has 2 aromatic carbocycles. The minimum Gasteiger partial charge on any atom is -0.494 e. The van der Waals surface area contributed by atoms with Crippen LogP contribution in [0.3, 0.4) is 0 Å². The fourth-order valence-corrected chi connectivity index (χ4v) is 2.21. The summed E-state index contributed by atoms with van der Waals surface area (Å²) in [4.78, 5) is 0. The van der Waals surface area contributed by atoms with Crippen LogP contribution in [0.25, 0.3) is 0 Å². The van der Waals surface area contributed by atoms with Gasteiger partial charge in [-0.2, -0.15) is 0 Å². The van der Waals surface area contributed by atoms with Gasteiger partial charge in [0.05, 0.1) is 6.61 Å². The smallest absolute Gasteiger partial charge is 0.130 e. The van der Waals surface area contributed by atoms with Crippen molar-refractivity contribution in [3.8, 4) is 5.75 Å². The summed E-state index contributed by atoms with van der Waals surface area (Å²) in [5.41, 5.74) is 1.07. The second-order valence-electron chi connectivity index (χ2n) is 4.82. The molecule has 0 saturated carbocycles. The predicted molar refractivity (Wildman–Crippen MR) is 79.2 cm³/mol. The average Bonchev–Trinajstić information content (AvgIpc) is 2.46. The van der Waals surface area contributed by atoms with E-state index in [1.807, 2.05) is 31.2 Å². The molecule has 1 unspecified atom stereocenters. The van der Waals surface area contributed by atoms with E-state index in [1.165, 1.54) is 18.2 Å². The van der Waals surface area contributed by atoms with Crippen LogP contribution in [-0.4, -0.2) is 6.61 Å². The molecule has 0 fully saturated rings.